The van der Waals surface area contributed by atoms with Crippen LogP contribution in [0.3, 0.4) is 0 Å². The van der Waals surface area contributed by atoms with Crippen LogP contribution in [0.15, 0.2) is 42.5 Å². The van der Waals surface area contributed by atoms with Crippen molar-refractivity contribution in [2.45, 2.75) is 6.54 Å². The summed E-state index contributed by atoms with van der Waals surface area (Å²) in [6, 6.07) is 9.76. The lowest BCUT2D eigenvalue weighted by atomic mass is 10.2. The summed E-state index contributed by atoms with van der Waals surface area (Å²) in [6.45, 7) is 0.608. The predicted molar refractivity (Wildman–Crippen MR) is 83.5 cm³/mol. The lowest BCUT2D eigenvalue weighted by molar-refractivity contribution is 0.235. The summed E-state index contributed by atoms with van der Waals surface area (Å²) in [4.78, 5) is 11.6. The van der Waals surface area contributed by atoms with Crippen molar-refractivity contribution in [2.75, 3.05) is 13.2 Å². The standard InChI is InChI=1S/C16H15ClF2N2O2/c17-12-3-1-11(2-4-12)10-21-16(22)20-7-8-23-15-6-5-13(18)9-14(15)19/h1-6,9H,7-8,10H2,(H2,20,21,22). The van der Waals surface area contributed by atoms with Crippen molar-refractivity contribution in [1.29, 1.82) is 0 Å². The van der Waals surface area contributed by atoms with Crippen molar-refractivity contribution >= 4 is 17.6 Å². The Morgan fingerprint density at radius 1 is 1.09 bits per heavy atom. The molecule has 0 fully saturated rings. The molecule has 0 spiro atoms. The van der Waals surface area contributed by atoms with Crippen molar-refractivity contribution in [3.8, 4) is 5.75 Å². The van der Waals surface area contributed by atoms with E-state index in [0.29, 0.717) is 11.6 Å². The molecule has 0 aliphatic heterocycles. The summed E-state index contributed by atoms with van der Waals surface area (Å²) in [5, 5.41) is 5.86. The van der Waals surface area contributed by atoms with Gasteiger partial charge in [0.25, 0.3) is 0 Å². The number of hydrogen-bond acceptors (Lipinski definition) is 2. The molecule has 0 heterocycles. The number of benzene rings is 2. The number of rotatable bonds is 6. The molecule has 4 nitrogen and oxygen atoms in total. The van der Waals surface area contributed by atoms with Gasteiger partial charge < -0.3 is 15.4 Å². The molecule has 0 saturated carbocycles. The van der Waals surface area contributed by atoms with E-state index < -0.39 is 11.6 Å². The summed E-state index contributed by atoms with van der Waals surface area (Å²) < 4.78 is 31.1. The Kier molecular flexibility index (Phi) is 6.17. The zero-order valence-electron chi connectivity index (χ0n) is 12.1. The minimum Gasteiger partial charge on any atom is -0.489 e. The first-order valence-corrected chi connectivity index (χ1v) is 7.26. The van der Waals surface area contributed by atoms with Gasteiger partial charge in [0.15, 0.2) is 11.6 Å². The Bertz CT molecular complexity index is 666. The number of hydrogen-bond donors (Lipinski definition) is 2. The molecule has 0 radical (unpaired) electrons. The van der Waals surface area contributed by atoms with E-state index >= 15 is 0 Å². The molecule has 0 atom stereocenters. The van der Waals surface area contributed by atoms with Gasteiger partial charge in [0.2, 0.25) is 0 Å². The Balaban J connectivity index is 1.65. The van der Waals surface area contributed by atoms with E-state index in [0.717, 1.165) is 17.7 Å². The van der Waals surface area contributed by atoms with Gasteiger partial charge in [0, 0.05) is 17.6 Å². The van der Waals surface area contributed by atoms with Gasteiger partial charge in [-0.05, 0) is 29.8 Å². The Labute approximate surface area is 137 Å². The van der Waals surface area contributed by atoms with Crippen molar-refractivity contribution in [2.24, 2.45) is 0 Å². The molecule has 2 rings (SSSR count). The molecule has 0 aromatic heterocycles. The maximum atomic E-state index is 13.3. The van der Waals surface area contributed by atoms with Crippen LogP contribution in [0.5, 0.6) is 5.75 Å². The summed E-state index contributed by atoms with van der Waals surface area (Å²) in [5.74, 6) is -1.51. The van der Waals surface area contributed by atoms with E-state index in [1.807, 2.05) is 12.1 Å². The molecule has 0 aliphatic rings. The van der Waals surface area contributed by atoms with Gasteiger partial charge in [0.05, 0.1) is 6.54 Å². The van der Waals surface area contributed by atoms with Crippen LogP contribution in [0.1, 0.15) is 5.56 Å². The summed E-state index contributed by atoms with van der Waals surface area (Å²) in [7, 11) is 0. The van der Waals surface area contributed by atoms with Crippen LogP contribution in [0.4, 0.5) is 13.6 Å². The predicted octanol–water partition coefficient (Wildman–Crippen LogP) is 3.50. The SMILES string of the molecule is O=C(NCCOc1ccc(F)cc1F)NCc1ccc(Cl)cc1. The fourth-order valence-electron chi connectivity index (χ4n) is 1.76. The lowest BCUT2D eigenvalue weighted by Gasteiger charge is -2.09. The second-order valence-corrected chi connectivity index (χ2v) is 5.10. The first kappa shape index (κ1) is 17.0. The fourth-order valence-corrected chi connectivity index (χ4v) is 1.89. The number of halogens is 3. The topological polar surface area (TPSA) is 50.4 Å². The highest BCUT2D eigenvalue weighted by Gasteiger charge is 2.05. The molecular weight excluding hydrogens is 326 g/mol. The van der Waals surface area contributed by atoms with Gasteiger partial charge in [-0.1, -0.05) is 23.7 Å². The zero-order valence-corrected chi connectivity index (χ0v) is 12.9. The third-order valence-corrected chi connectivity index (χ3v) is 3.16. The smallest absolute Gasteiger partial charge is 0.315 e. The number of carbonyl (C=O) groups excluding carboxylic acids is 1. The third kappa shape index (κ3) is 5.75. The third-order valence-electron chi connectivity index (χ3n) is 2.91. The van der Waals surface area contributed by atoms with Crippen LogP contribution >= 0.6 is 11.6 Å². The van der Waals surface area contributed by atoms with E-state index in [2.05, 4.69) is 10.6 Å². The van der Waals surface area contributed by atoms with Crippen LogP contribution < -0.4 is 15.4 Å². The summed E-state index contributed by atoms with van der Waals surface area (Å²) >= 11 is 5.77. The second kappa shape index (κ2) is 8.33. The van der Waals surface area contributed by atoms with Crippen LogP contribution in [0.2, 0.25) is 5.02 Å². The lowest BCUT2D eigenvalue weighted by Crippen LogP contribution is -2.37. The minimum absolute atomic E-state index is 0.0604. The van der Waals surface area contributed by atoms with Crippen LogP contribution in [-0.4, -0.2) is 19.2 Å². The molecule has 7 heteroatoms. The van der Waals surface area contributed by atoms with E-state index in [1.54, 1.807) is 12.1 Å². The summed E-state index contributed by atoms with van der Waals surface area (Å²) in [5.41, 5.74) is 0.911. The van der Waals surface area contributed by atoms with Gasteiger partial charge in [-0.25, -0.2) is 13.6 Å². The first-order chi connectivity index (χ1) is 11.0. The number of ether oxygens (including phenoxy) is 1. The van der Waals surface area contributed by atoms with Crippen LogP contribution in [0, 0.1) is 11.6 Å². The molecule has 0 saturated heterocycles. The molecule has 2 aromatic rings. The van der Waals surface area contributed by atoms with E-state index in [1.165, 1.54) is 6.07 Å². The molecule has 0 bridgehead atoms. The minimum atomic E-state index is -0.780. The number of urea groups is 1. The molecular formula is C16H15ClF2N2O2. The Morgan fingerprint density at radius 2 is 1.83 bits per heavy atom. The van der Waals surface area contributed by atoms with Crippen molar-refractivity contribution in [3.05, 3.63) is 64.7 Å². The highest BCUT2D eigenvalue weighted by molar-refractivity contribution is 6.30. The number of nitrogens with one attached hydrogen (secondary N) is 2. The first-order valence-electron chi connectivity index (χ1n) is 6.88. The maximum absolute atomic E-state index is 13.3. The fraction of sp³-hybridized carbons (Fsp3) is 0.188. The zero-order chi connectivity index (χ0) is 16.7. The molecule has 2 N–H and O–H groups in total. The average molecular weight is 341 g/mol. The van der Waals surface area contributed by atoms with Gasteiger partial charge >= 0.3 is 6.03 Å². The molecule has 122 valence electrons. The molecule has 2 amide bonds. The highest BCUT2D eigenvalue weighted by Crippen LogP contribution is 2.17. The Morgan fingerprint density at radius 3 is 2.52 bits per heavy atom. The second-order valence-electron chi connectivity index (χ2n) is 4.66. The average Bonchev–Trinajstić information content (AvgIpc) is 2.52. The van der Waals surface area contributed by atoms with E-state index in [-0.39, 0.29) is 24.9 Å². The normalized spacial score (nSPS) is 10.2. The largest absolute Gasteiger partial charge is 0.489 e. The molecule has 0 aliphatic carbocycles. The van der Waals surface area contributed by atoms with E-state index in [9.17, 15) is 13.6 Å². The quantitative estimate of drug-likeness (QED) is 0.791. The van der Waals surface area contributed by atoms with Gasteiger partial charge in [0.1, 0.15) is 12.4 Å². The maximum Gasteiger partial charge on any atom is 0.315 e. The van der Waals surface area contributed by atoms with Crippen molar-refractivity contribution < 1.29 is 18.3 Å². The molecule has 23 heavy (non-hydrogen) atoms. The van der Waals surface area contributed by atoms with E-state index in [4.69, 9.17) is 16.3 Å². The van der Waals surface area contributed by atoms with Crippen molar-refractivity contribution in [3.63, 3.8) is 0 Å². The van der Waals surface area contributed by atoms with Crippen molar-refractivity contribution in [1.82, 2.24) is 10.6 Å². The number of carbonyl (C=O) groups is 1. The van der Waals surface area contributed by atoms with Gasteiger partial charge in [-0.3, -0.25) is 0 Å². The summed E-state index contributed by atoms with van der Waals surface area (Å²) in [6.07, 6.45) is 0. The highest BCUT2D eigenvalue weighted by atomic mass is 35.5. The van der Waals surface area contributed by atoms with Crippen LogP contribution in [-0.2, 0) is 6.54 Å². The van der Waals surface area contributed by atoms with Gasteiger partial charge in [-0.15, -0.1) is 0 Å². The monoisotopic (exact) mass is 340 g/mol. The van der Waals surface area contributed by atoms with Crippen LogP contribution in [0.25, 0.3) is 0 Å². The number of amides is 2. The Hall–Kier alpha value is -2.34. The molecule has 0 unspecified atom stereocenters. The van der Waals surface area contributed by atoms with Gasteiger partial charge in [-0.2, -0.15) is 0 Å². The molecule has 2 aromatic carbocycles.